The van der Waals surface area contributed by atoms with Gasteiger partial charge in [-0.1, -0.05) is 13.3 Å². The third-order valence-corrected chi connectivity index (χ3v) is 3.15. The lowest BCUT2D eigenvalue weighted by Gasteiger charge is -2.16. The van der Waals surface area contributed by atoms with Gasteiger partial charge in [-0.25, -0.2) is 0 Å². The lowest BCUT2D eigenvalue weighted by molar-refractivity contribution is -0.393. The van der Waals surface area contributed by atoms with Crippen LogP contribution >= 0.6 is 11.6 Å². The molecule has 0 spiro atoms. The minimum Gasteiger partial charge on any atom is -0.373 e. The van der Waals surface area contributed by atoms with Crippen LogP contribution in [-0.4, -0.2) is 22.3 Å². The van der Waals surface area contributed by atoms with Gasteiger partial charge in [0.1, 0.15) is 0 Å². The number of halogens is 4. The summed E-state index contributed by atoms with van der Waals surface area (Å²) in [6, 6.07) is 0.328. The van der Waals surface area contributed by atoms with Gasteiger partial charge in [0.15, 0.2) is 5.69 Å². The maximum absolute atomic E-state index is 13.2. The summed E-state index contributed by atoms with van der Waals surface area (Å²) < 4.78 is 39.5. The Bertz CT molecular complexity index is 623. The number of hydrogen-bond donors (Lipinski definition) is 1. The topological polar surface area (TPSA) is 98.3 Å². The molecule has 0 aliphatic rings. The zero-order valence-electron chi connectivity index (χ0n) is 11.9. The highest BCUT2D eigenvalue weighted by molar-refractivity contribution is 6.18. The number of rotatable bonds is 7. The molecule has 0 unspecified atom stereocenters. The zero-order valence-corrected chi connectivity index (χ0v) is 12.7. The number of anilines is 1. The van der Waals surface area contributed by atoms with Gasteiger partial charge in [0, 0.05) is 24.1 Å². The summed E-state index contributed by atoms with van der Waals surface area (Å²) >= 11 is 5.44. The van der Waals surface area contributed by atoms with Crippen molar-refractivity contribution < 1.29 is 23.0 Å². The van der Waals surface area contributed by atoms with Crippen LogP contribution in [0.2, 0.25) is 0 Å². The van der Waals surface area contributed by atoms with Gasteiger partial charge in [0.25, 0.3) is 5.69 Å². The van der Waals surface area contributed by atoms with E-state index in [1.165, 1.54) is 0 Å². The first-order chi connectivity index (χ1) is 10.6. The van der Waals surface area contributed by atoms with E-state index in [0.717, 1.165) is 0 Å². The molecule has 0 heterocycles. The van der Waals surface area contributed by atoms with Crippen molar-refractivity contribution in [2.45, 2.75) is 25.9 Å². The maximum Gasteiger partial charge on any atom is 0.417 e. The van der Waals surface area contributed by atoms with Gasteiger partial charge >= 0.3 is 11.9 Å². The molecule has 0 saturated heterocycles. The predicted molar refractivity (Wildman–Crippen MR) is 78.0 cm³/mol. The second-order valence-electron chi connectivity index (χ2n) is 4.52. The first-order valence-corrected chi connectivity index (χ1v) is 7.04. The van der Waals surface area contributed by atoms with Gasteiger partial charge < -0.3 is 5.32 Å². The minimum absolute atomic E-state index is 0.0293. The van der Waals surface area contributed by atoms with Gasteiger partial charge in [-0.3, -0.25) is 20.2 Å². The standard InChI is InChI=1S/C12H13ClF3N3O4/c1-2-3-7-8(12(14,15)16)6-9(18(20)21)10(17-5-4-13)11(7)19(22)23/h6,17H,2-5H2,1H3. The molecular formula is C12H13ClF3N3O4. The molecular weight excluding hydrogens is 343 g/mol. The summed E-state index contributed by atoms with van der Waals surface area (Å²) in [5, 5.41) is 24.7. The van der Waals surface area contributed by atoms with Crippen molar-refractivity contribution in [3.63, 3.8) is 0 Å². The quantitative estimate of drug-likeness (QED) is 0.450. The summed E-state index contributed by atoms with van der Waals surface area (Å²) in [6.45, 7) is 1.48. The van der Waals surface area contributed by atoms with Crippen molar-refractivity contribution in [2.75, 3.05) is 17.7 Å². The van der Waals surface area contributed by atoms with Crippen molar-refractivity contribution in [1.82, 2.24) is 0 Å². The molecule has 11 heteroatoms. The molecule has 0 fully saturated rings. The second kappa shape index (κ2) is 7.44. The van der Waals surface area contributed by atoms with E-state index in [1.807, 2.05) is 0 Å². The second-order valence-corrected chi connectivity index (χ2v) is 4.90. The van der Waals surface area contributed by atoms with Crippen molar-refractivity contribution >= 4 is 28.7 Å². The van der Waals surface area contributed by atoms with Gasteiger partial charge in [-0.2, -0.15) is 13.2 Å². The van der Waals surface area contributed by atoms with Gasteiger partial charge in [-0.15, -0.1) is 11.6 Å². The summed E-state index contributed by atoms with van der Waals surface area (Å²) in [7, 11) is 0. The molecule has 0 saturated carbocycles. The summed E-state index contributed by atoms with van der Waals surface area (Å²) in [5.41, 5.74) is -4.44. The molecule has 0 aliphatic heterocycles. The molecule has 7 nitrogen and oxygen atoms in total. The van der Waals surface area contributed by atoms with Crippen LogP contribution in [0.4, 0.5) is 30.2 Å². The lowest BCUT2D eigenvalue weighted by Crippen LogP contribution is -2.16. The highest BCUT2D eigenvalue weighted by atomic mass is 35.5. The maximum atomic E-state index is 13.2. The van der Waals surface area contributed by atoms with Gasteiger partial charge in [0.05, 0.1) is 15.4 Å². The van der Waals surface area contributed by atoms with Crippen LogP contribution < -0.4 is 5.32 Å². The summed E-state index contributed by atoms with van der Waals surface area (Å²) in [5.74, 6) is -0.0293. The molecule has 0 aliphatic carbocycles. The number of nitrogens with zero attached hydrogens (tertiary/aromatic N) is 2. The Balaban J connectivity index is 3.83. The average Bonchev–Trinajstić information content (AvgIpc) is 2.42. The fraction of sp³-hybridized carbons (Fsp3) is 0.500. The number of benzene rings is 1. The lowest BCUT2D eigenvalue weighted by atomic mass is 9.97. The smallest absolute Gasteiger partial charge is 0.373 e. The molecule has 23 heavy (non-hydrogen) atoms. The van der Waals surface area contributed by atoms with Gasteiger partial charge in [0.2, 0.25) is 0 Å². The van der Waals surface area contributed by atoms with Crippen LogP contribution in [-0.2, 0) is 12.6 Å². The van der Waals surface area contributed by atoms with Crippen LogP contribution in [0.1, 0.15) is 24.5 Å². The van der Waals surface area contributed by atoms with Crippen LogP contribution in [0.3, 0.4) is 0 Å². The predicted octanol–water partition coefficient (Wildman–Crippen LogP) is 4.13. The Morgan fingerprint density at radius 3 is 2.26 bits per heavy atom. The molecule has 0 radical (unpaired) electrons. The van der Waals surface area contributed by atoms with Crippen LogP contribution in [0, 0.1) is 20.2 Å². The summed E-state index contributed by atoms with van der Waals surface area (Å²) in [6.07, 6.45) is -4.97. The van der Waals surface area contributed by atoms with Crippen LogP contribution in [0.25, 0.3) is 0 Å². The van der Waals surface area contributed by atoms with Crippen molar-refractivity contribution in [3.05, 3.63) is 37.4 Å². The highest BCUT2D eigenvalue weighted by Gasteiger charge is 2.41. The molecule has 0 amide bonds. The number of nitro benzene ring substituents is 2. The SMILES string of the molecule is CCCc1c(C(F)(F)F)cc([N+](=O)[O-])c(NCCCl)c1[N+](=O)[O-]. The Morgan fingerprint density at radius 2 is 1.87 bits per heavy atom. The normalized spacial score (nSPS) is 11.3. The summed E-state index contributed by atoms with van der Waals surface area (Å²) in [4.78, 5) is 20.2. The molecule has 0 aromatic heterocycles. The molecule has 0 bridgehead atoms. The average molecular weight is 356 g/mol. The number of alkyl halides is 4. The fourth-order valence-corrected chi connectivity index (χ4v) is 2.24. The number of nitro groups is 2. The largest absolute Gasteiger partial charge is 0.417 e. The van der Waals surface area contributed by atoms with Crippen LogP contribution in [0.5, 0.6) is 0 Å². The highest BCUT2D eigenvalue weighted by Crippen LogP contribution is 2.45. The van der Waals surface area contributed by atoms with Crippen molar-refractivity contribution in [2.24, 2.45) is 0 Å². The van der Waals surface area contributed by atoms with Crippen molar-refractivity contribution in [1.29, 1.82) is 0 Å². The number of hydrogen-bond acceptors (Lipinski definition) is 5. The van der Waals surface area contributed by atoms with E-state index in [1.54, 1.807) is 6.92 Å². The van der Waals surface area contributed by atoms with E-state index >= 15 is 0 Å². The zero-order chi connectivity index (χ0) is 17.8. The fourth-order valence-electron chi connectivity index (χ4n) is 2.14. The third-order valence-electron chi connectivity index (χ3n) is 2.97. The van der Waals surface area contributed by atoms with E-state index in [9.17, 15) is 33.4 Å². The Hall–Kier alpha value is -2.10. The Morgan fingerprint density at radius 1 is 1.26 bits per heavy atom. The van der Waals surface area contributed by atoms with E-state index in [-0.39, 0.29) is 25.3 Å². The molecule has 1 rings (SSSR count). The van der Waals surface area contributed by atoms with E-state index in [0.29, 0.717) is 6.07 Å². The van der Waals surface area contributed by atoms with Crippen molar-refractivity contribution in [3.8, 4) is 0 Å². The molecule has 128 valence electrons. The van der Waals surface area contributed by atoms with E-state index in [2.05, 4.69) is 5.32 Å². The Kier molecular flexibility index (Phi) is 6.13. The molecule has 1 aromatic rings. The number of nitrogens with one attached hydrogen (secondary N) is 1. The Labute approximate surface area is 133 Å². The van der Waals surface area contributed by atoms with Crippen LogP contribution in [0.15, 0.2) is 6.07 Å². The minimum atomic E-state index is -4.94. The first kappa shape index (κ1) is 18.9. The molecule has 0 atom stereocenters. The van der Waals surface area contributed by atoms with E-state index < -0.39 is 44.2 Å². The van der Waals surface area contributed by atoms with E-state index in [4.69, 9.17) is 11.6 Å². The molecule has 1 aromatic carbocycles. The monoisotopic (exact) mass is 355 g/mol. The third kappa shape index (κ3) is 4.21. The van der Waals surface area contributed by atoms with Gasteiger partial charge in [-0.05, 0) is 6.42 Å². The first-order valence-electron chi connectivity index (χ1n) is 6.50. The molecule has 1 N–H and O–H groups in total.